The van der Waals surface area contributed by atoms with Gasteiger partial charge in [0.25, 0.3) is 0 Å². The van der Waals surface area contributed by atoms with Crippen molar-refractivity contribution in [2.45, 2.75) is 32.7 Å². The lowest BCUT2D eigenvalue weighted by atomic mass is 10.1. The summed E-state index contributed by atoms with van der Waals surface area (Å²) in [6.45, 7) is 5.38. The Kier molecular flexibility index (Phi) is 4.52. The highest BCUT2D eigenvalue weighted by atomic mass is 16.5. The molecule has 0 saturated carbocycles. The molecule has 146 valence electrons. The second-order valence-corrected chi connectivity index (χ2v) is 7.45. The van der Waals surface area contributed by atoms with Crippen molar-refractivity contribution in [3.8, 4) is 11.4 Å². The van der Waals surface area contributed by atoms with Gasteiger partial charge in [-0.3, -0.25) is 4.98 Å². The Labute approximate surface area is 168 Å². The molecular weight excluding hydrogens is 364 g/mol. The first-order valence-electron chi connectivity index (χ1n) is 9.85. The molecule has 1 unspecified atom stereocenters. The van der Waals surface area contributed by atoms with Crippen LogP contribution in [0.3, 0.4) is 0 Å². The highest BCUT2D eigenvalue weighted by Crippen LogP contribution is 2.28. The van der Waals surface area contributed by atoms with Gasteiger partial charge >= 0.3 is 0 Å². The van der Waals surface area contributed by atoms with Gasteiger partial charge in [-0.05, 0) is 50.1 Å². The van der Waals surface area contributed by atoms with Crippen LogP contribution in [0, 0.1) is 13.8 Å². The molecule has 0 N–H and O–H groups in total. The Hall–Kier alpha value is -3.19. The minimum atomic E-state index is 0.196. The predicted octanol–water partition coefficient (Wildman–Crippen LogP) is 3.45. The van der Waals surface area contributed by atoms with Crippen molar-refractivity contribution in [2.24, 2.45) is 0 Å². The molecule has 7 nitrogen and oxygen atoms in total. The summed E-state index contributed by atoms with van der Waals surface area (Å²) >= 11 is 0. The fourth-order valence-electron chi connectivity index (χ4n) is 3.66. The van der Waals surface area contributed by atoms with Crippen molar-refractivity contribution in [1.29, 1.82) is 0 Å². The minimum Gasteiger partial charge on any atom is -0.379 e. The second-order valence-electron chi connectivity index (χ2n) is 7.45. The van der Waals surface area contributed by atoms with Gasteiger partial charge in [0.2, 0.25) is 0 Å². The molecule has 0 spiro atoms. The molecule has 0 radical (unpaired) electrons. The number of benzene rings is 1. The maximum absolute atomic E-state index is 5.61. The summed E-state index contributed by atoms with van der Waals surface area (Å²) in [5.74, 6) is 1.63. The average molecular weight is 386 g/mol. The lowest BCUT2D eigenvalue weighted by molar-refractivity contribution is 0.184. The number of aromatic nitrogens is 6. The van der Waals surface area contributed by atoms with Gasteiger partial charge in [-0.1, -0.05) is 6.07 Å². The molecule has 1 atom stereocenters. The summed E-state index contributed by atoms with van der Waals surface area (Å²) in [5.41, 5.74) is 5.74. The first kappa shape index (κ1) is 17.9. The molecule has 0 bridgehead atoms. The van der Waals surface area contributed by atoms with E-state index in [9.17, 15) is 0 Å². The van der Waals surface area contributed by atoms with Crippen LogP contribution < -0.4 is 0 Å². The Morgan fingerprint density at radius 3 is 2.69 bits per heavy atom. The van der Waals surface area contributed by atoms with Crippen LogP contribution in [0.5, 0.6) is 0 Å². The van der Waals surface area contributed by atoms with Crippen LogP contribution in [0.4, 0.5) is 0 Å². The van der Waals surface area contributed by atoms with Crippen molar-refractivity contribution in [3.05, 3.63) is 65.5 Å². The van der Waals surface area contributed by atoms with E-state index in [1.165, 1.54) is 0 Å². The van der Waals surface area contributed by atoms with E-state index in [0.717, 1.165) is 58.2 Å². The van der Waals surface area contributed by atoms with Crippen LogP contribution in [-0.4, -0.2) is 42.9 Å². The van der Waals surface area contributed by atoms with Crippen molar-refractivity contribution >= 4 is 11.0 Å². The van der Waals surface area contributed by atoms with Crippen LogP contribution >= 0.6 is 0 Å². The Morgan fingerprint density at radius 2 is 1.93 bits per heavy atom. The van der Waals surface area contributed by atoms with Crippen LogP contribution in [0.25, 0.3) is 22.4 Å². The average Bonchev–Trinajstić information content (AvgIpc) is 3.39. The van der Waals surface area contributed by atoms with E-state index in [4.69, 9.17) is 19.8 Å². The van der Waals surface area contributed by atoms with Crippen LogP contribution in [0.1, 0.15) is 35.2 Å². The first-order chi connectivity index (χ1) is 14.2. The van der Waals surface area contributed by atoms with Crippen LogP contribution in [-0.2, 0) is 11.2 Å². The van der Waals surface area contributed by atoms with E-state index in [1.807, 2.05) is 42.9 Å². The molecular formula is C22H22N6O. The van der Waals surface area contributed by atoms with Crippen molar-refractivity contribution in [1.82, 2.24) is 29.7 Å². The summed E-state index contributed by atoms with van der Waals surface area (Å²) in [5, 5.41) is 4.84. The van der Waals surface area contributed by atoms with Gasteiger partial charge in [-0.25, -0.2) is 19.6 Å². The Morgan fingerprint density at radius 1 is 1.07 bits per heavy atom. The number of hydrogen-bond donors (Lipinski definition) is 0. The standard InChI is InChI=1S/C22H22N6O/c1-14-15(2)25-20-11-17(5-6-19(20)24-14)22-26-21(10-16-4-3-8-23-12-16)27-28(22)18-7-9-29-13-18/h3-6,8,11-12,18H,7,9-10,13H2,1-2H3. The van der Waals surface area contributed by atoms with Crippen molar-refractivity contribution in [2.75, 3.05) is 13.2 Å². The number of aryl methyl sites for hydroxylation is 2. The summed E-state index contributed by atoms with van der Waals surface area (Å²) in [6.07, 6.45) is 5.22. The third-order valence-corrected chi connectivity index (χ3v) is 5.35. The molecule has 29 heavy (non-hydrogen) atoms. The Bertz CT molecular complexity index is 1160. The normalized spacial score (nSPS) is 16.6. The maximum Gasteiger partial charge on any atom is 0.158 e. The molecule has 3 aromatic heterocycles. The number of rotatable bonds is 4. The van der Waals surface area contributed by atoms with Gasteiger partial charge in [-0.15, -0.1) is 0 Å². The van der Waals surface area contributed by atoms with Crippen molar-refractivity contribution in [3.63, 3.8) is 0 Å². The van der Waals surface area contributed by atoms with Gasteiger partial charge in [0.15, 0.2) is 11.6 Å². The third-order valence-electron chi connectivity index (χ3n) is 5.35. The van der Waals surface area contributed by atoms with Gasteiger partial charge < -0.3 is 4.74 Å². The second kappa shape index (κ2) is 7.33. The summed E-state index contributed by atoms with van der Waals surface area (Å²) < 4.78 is 7.63. The zero-order valence-corrected chi connectivity index (χ0v) is 16.5. The molecule has 1 saturated heterocycles. The van der Waals surface area contributed by atoms with E-state index in [-0.39, 0.29) is 6.04 Å². The number of nitrogens with zero attached hydrogens (tertiary/aromatic N) is 6. The molecule has 1 aliphatic heterocycles. The van der Waals surface area contributed by atoms with Gasteiger partial charge in [0, 0.05) is 31.0 Å². The SMILES string of the molecule is Cc1nc2ccc(-c3nc(Cc4cccnc4)nn3C3CCOC3)cc2nc1C. The van der Waals surface area contributed by atoms with E-state index < -0.39 is 0 Å². The topological polar surface area (TPSA) is 78.6 Å². The van der Waals surface area contributed by atoms with E-state index >= 15 is 0 Å². The largest absolute Gasteiger partial charge is 0.379 e. The fraction of sp³-hybridized carbons (Fsp3) is 0.318. The summed E-state index contributed by atoms with van der Waals surface area (Å²) in [6, 6.07) is 10.3. The number of fused-ring (bicyclic) bond motifs is 1. The fourth-order valence-corrected chi connectivity index (χ4v) is 3.66. The Balaban J connectivity index is 1.59. The molecule has 7 heteroatoms. The van der Waals surface area contributed by atoms with E-state index in [2.05, 4.69) is 22.1 Å². The molecule has 1 aromatic carbocycles. The predicted molar refractivity (Wildman–Crippen MR) is 110 cm³/mol. The molecule has 0 amide bonds. The van der Waals surface area contributed by atoms with E-state index in [1.54, 1.807) is 6.20 Å². The quantitative estimate of drug-likeness (QED) is 0.534. The molecule has 5 rings (SSSR count). The smallest absolute Gasteiger partial charge is 0.158 e. The van der Waals surface area contributed by atoms with Gasteiger partial charge in [0.1, 0.15) is 0 Å². The number of pyridine rings is 1. The highest BCUT2D eigenvalue weighted by molar-refractivity contribution is 5.80. The summed E-state index contributed by atoms with van der Waals surface area (Å²) in [7, 11) is 0. The molecule has 1 aliphatic rings. The first-order valence-corrected chi connectivity index (χ1v) is 9.85. The van der Waals surface area contributed by atoms with Crippen LogP contribution in [0.2, 0.25) is 0 Å². The molecule has 4 aromatic rings. The maximum atomic E-state index is 5.61. The zero-order valence-electron chi connectivity index (χ0n) is 16.5. The third kappa shape index (κ3) is 3.49. The molecule has 4 heterocycles. The molecule has 1 fully saturated rings. The van der Waals surface area contributed by atoms with Gasteiger partial charge in [-0.2, -0.15) is 5.10 Å². The lowest BCUT2D eigenvalue weighted by Gasteiger charge is -2.12. The highest BCUT2D eigenvalue weighted by Gasteiger charge is 2.24. The van der Waals surface area contributed by atoms with Crippen molar-refractivity contribution < 1.29 is 4.74 Å². The zero-order chi connectivity index (χ0) is 19.8. The summed E-state index contributed by atoms with van der Waals surface area (Å²) in [4.78, 5) is 18.4. The van der Waals surface area contributed by atoms with E-state index in [0.29, 0.717) is 13.0 Å². The number of ether oxygens (including phenoxy) is 1. The minimum absolute atomic E-state index is 0.196. The number of hydrogen-bond acceptors (Lipinski definition) is 6. The lowest BCUT2D eigenvalue weighted by Crippen LogP contribution is -2.12. The van der Waals surface area contributed by atoms with Crippen LogP contribution in [0.15, 0.2) is 42.7 Å². The van der Waals surface area contributed by atoms with Gasteiger partial charge in [0.05, 0.1) is 35.1 Å². The molecule has 0 aliphatic carbocycles. The monoisotopic (exact) mass is 386 g/mol.